The highest BCUT2D eigenvalue weighted by atomic mass is 16.5. The fourth-order valence-corrected chi connectivity index (χ4v) is 3.51. The molecule has 3 aromatic carbocycles. The van der Waals surface area contributed by atoms with Crippen molar-refractivity contribution in [1.82, 2.24) is 0 Å². The van der Waals surface area contributed by atoms with Crippen LogP contribution in [-0.2, 0) is 6.42 Å². The number of aliphatic hydroxyl groups is 1. The molecule has 0 aliphatic carbocycles. The average molecular weight is 408 g/mol. The minimum atomic E-state index is -0.841. The lowest BCUT2D eigenvalue weighted by molar-refractivity contribution is 0.0766. The van der Waals surface area contributed by atoms with Crippen LogP contribution in [0.5, 0.6) is 17.2 Å². The van der Waals surface area contributed by atoms with E-state index in [1.165, 1.54) is 0 Å². The number of hydrogen-bond acceptors (Lipinski definition) is 5. The van der Waals surface area contributed by atoms with Crippen LogP contribution in [0, 0.1) is 0 Å². The largest absolute Gasteiger partial charge is 0.493 e. The Balaban J connectivity index is 1.83. The molecule has 0 saturated heterocycles. The first-order valence-electron chi connectivity index (χ1n) is 9.99. The predicted molar refractivity (Wildman–Crippen MR) is 118 cm³/mol. The zero-order valence-corrected chi connectivity index (χ0v) is 17.4. The summed E-state index contributed by atoms with van der Waals surface area (Å²) >= 11 is 0. The monoisotopic (exact) mass is 407 g/mol. The van der Waals surface area contributed by atoms with E-state index >= 15 is 0 Å². The molecule has 3 atom stereocenters. The number of nitrogens with two attached hydrogens (primary N) is 1. The summed E-state index contributed by atoms with van der Waals surface area (Å²) in [6.07, 6.45) is -0.160. The van der Waals surface area contributed by atoms with Crippen LogP contribution in [0.1, 0.15) is 17.0 Å². The molecule has 0 amide bonds. The standard InChI is InChI=1S/C25H29NO4/c1-28-23-14-13-19(16-24(23)29-2)21(15-18-9-5-3-6-10-18)25(26)22(27)17-30-20-11-7-4-8-12-20/h3-14,16,21-22,25,27H,15,17,26H2,1-2H3. The van der Waals surface area contributed by atoms with Crippen LogP contribution in [0.4, 0.5) is 0 Å². The summed E-state index contributed by atoms with van der Waals surface area (Å²) in [5.41, 5.74) is 8.68. The van der Waals surface area contributed by atoms with Crippen molar-refractivity contribution in [1.29, 1.82) is 0 Å². The summed E-state index contributed by atoms with van der Waals surface area (Å²) in [5, 5.41) is 10.8. The van der Waals surface area contributed by atoms with E-state index in [-0.39, 0.29) is 12.5 Å². The molecule has 0 radical (unpaired) electrons. The lowest BCUT2D eigenvalue weighted by Crippen LogP contribution is -2.44. The van der Waals surface area contributed by atoms with Crippen molar-refractivity contribution < 1.29 is 19.3 Å². The van der Waals surface area contributed by atoms with E-state index in [9.17, 15) is 5.11 Å². The SMILES string of the molecule is COc1ccc(C(Cc2ccccc2)C(N)C(O)COc2ccccc2)cc1OC. The van der Waals surface area contributed by atoms with E-state index in [2.05, 4.69) is 12.1 Å². The maximum absolute atomic E-state index is 10.8. The zero-order valence-electron chi connectivity index (χ0n) is 17.4. The molecule has 0 saturated carbocycles. The van der Waals surface area contributed by atoms with E-state index in [0.717, 1.165) is 11.1 Å². The Labute approximate surface area is 178 Å². The van der Waals surface area contributed by atoms with Crippen LogP contribution in [-0.4, -0.2) is 38.1 Å². The average Bonchev–Trinajstić information content (AvgIpc) is 2.81. The lowest BCUT2D eigenvalue weighted by atomic mass is 9.83. The van der Waals surface area contributed by atoms with Gasteiger partial charge in [0.1, 0.15) is 18.5 Å². The Kier molecular flexibility index (Phi) is 7.71. The molecule has 30 heavy (non-hydrogen) atoms. The fourth-order valence-electron chi connectivity index (χ4n) is 3.51. The maximum Gasteiger partial charge on any atom is 0.160 e. The van der Waals surface area contributed by atoms with Gasteiger partial charge in [0.05, 0.1) is 14.2 Å². The molecule has 0 heterocycles. The number of benzene rings is 3. The molecular formula is C25H29NO4. The fraction of sp³-hybridized carbons (Fsp3) is 0.280. The molecule has 0 aliphatic heterocycles. The van der Waals surface area contributed by atoms with Crippen molar-refractivity contribution >= 4 is 0 Å². The summed E-state index contributed by atoms with van der Waals surface area (Å²) in [7, 11) is 3.21. The van der Waals surface area contributed by atoms with Crippen molar-refractivity contribution in [2.75, 3.05) is 20.8 Å². The molecule has 5 heteroatoms. The normalized spacial score (nSPS) is 13.9. The number of para-hydroxylation sites is 1. The molecule has 0 aromatic heterocycles. The molecular weight excluding hydrogens is 378 g/mol. The molecule has 0 aliphatic rings. The topological polar surface area (TPSA) is 73.9 Å². The minimum absolute atomic E-state index is 0.115. The molecule has 3 N–H and O–H groups in total. The van der Waals surface area contributed by atoms with Gasteiger partial charge in [-0.2, -0.15) is 0 Å². The Hall–Kier alpha value is -3.02. The molecule has 3 rings (SSSR count). The third-order valence-electron chi connectivity index (χ3n) is 5.21. The van der Waals surface area contributed by atoms with E-state index in [0.29, 0.717) is 23.7 Å². The molecule has 0 fully saturated rings. The Morgan fingerprint density at radius 1 is 0.833 bits per heavy atom. The first-order chi connectivity index (χ1) is 14.6. The van der Waals surface area contributed by atoms with Gasteiger partial charge >= 0.3 is 0 Å². The molecule has 3 unspecified atom stereocenters. The highest BCUT2D eigenvalue weighted by molar-refractivity contribution is 5.44. The van der Waals surface area contributed by atoms with E-state index < -0.39 is 12.1 Å². The second-order valence-electron chi connectivity index (χ2n) is 7.18. The Morgan fingerprint density at radius 2 is 1.47 bits per heavy atom. The van der Waals surface area contributed by atoms with Gasteiger partial charge in [-0.05, 0) is 41.8 Å². The van der Waals surface area contributed by atoms with Crippen LogP contribution in [0.25, 0.3) is 0 Å². The molecule has 0 bridgehead atoms. The summed E-state index contributed by atoms with van der Waals surface area (Å²) in [6.45, 7) is 0.115. The lowest BCUT2D eigenvalue weighted by Gasteiger charge is -2.29. The highest BCUT2D eigenvalue weighted by Gasteiger charge is 2.28. The number of hydrogen-bond donors (Lipinski definition) is 2. The van der Waals surface area contributed by atoms with Crippen LogP contribution in [0.2, 0.25) is 0 Å². The van der Waals surface area contributed by atoms with Gasteiger partial charge in [-0.3, -0.25) is 0 Å². The van der Waals surface area contributed by atoms with E-state index in [1.54, 1.807) is 14.2 Å². The van der Waals surface area contributed by atoms with Gasteiger partial charge in [-0.15, -0.1) is 0 Å². The molecule has 158 valence electrons. The highest BCUT2D eigenvalue weighted by Crippen LogP contribution is 2.33. The van der Waals surface area contributed by atoms with Crippen LogP contribution >= 0.6 is 0 Å². The Morgan fingerprint density at radius 3 is 2.10 bits per heavy atom. The van der Waals surface area contributed by atoms with E-state index in [4.69, 9.17) is 19.9 Å². The number of rotatable bonds is 10. The smallest absolute Gasteiger partial charge is 0.160 e. The van der Waals surface area contributed by atoms with Gasteiger partial charge in [0.25, 0.3) is 0 Å². The minimum Gasteiger partial charge on any atom is -0.493 e. The van der Waals surface area contributed by atoms with Gasteiger partial charge in [0, 0.05) is 12.0 Å². The van der Waals surface area contributed by atoms with Crippen molar-refractivity contribution in [3.05, 3.63) is 90.0 Å². The summed E-state index contributed by atoms with van der Waals surface area (Å²) in [6, 6.07) is 24.8. The van der Waals surface area contributed by atoms with Crippen molar-refractivity contribution in [2.45, 2.75) is 24.5 Å². The van der Waals surface area contributed by atoms with Crippen LogP contribution < -0.4 is 19.9 Å². The maximum atomic E-state index is 10.8. The van der Waals surface area contributed by atoms with Crippen molar-refractivity contribution in [3.63, 3.8) is 0 Å². The molecule has 5 nitrogen and oxygen atoms in total. The van der Waals surface area contributed by atoms with Crippen molar-refractivity contribution in [3.8, 4) is 17.2 Å². The second kappa shape index (κ2) is 10.7. The third-order valence-corrected chi connectivity index (χ3v) is 5.21. The first-order valence-corrected chi connectivity index (χ1v) is 9.99. The summed E-state index contributed by atoms with van der Waals surface area (Å²) < 4.78 is 16.6. The van der Waals surface area contributed by atoms with Gasteiger partial charge in [0.15, 0.2) is 11.5 Å². The Bertz CT molecular complexity index is 902. The van der Waals surface area contributed by atoms with Gasteiger partial charge in [0.2, 0.25) is 0 Å². The van der Waals surface area contributed by atoms with Gasteiger partial charge in [-0.25, -0.2) is 0 Å². The van der Waals surface area contributed by atoms with Crippen LogP contribution in [0.3, 0.4) is 0 Å². The summed E-state index contributed by atoms with van der Waals surface area (Å²) in [5.74, 6) is 1.85. The number of ether oxygens (including phenoxy) is 3. The van der Waals surface area contributed by atoms with Gasteiger partial charge < -0.3 is 25.1 Å². The molecule has 3 aromatic rings. The number of aliphatic hydroxyl groups excluding tert-OH is 1. The number of methoxy groups -OCH3 is 2. The van der Waals surface area contributed by atoms with Crippen LogP contribution in [0.15, 0.2) is 78.9 Å². The van der Waals surface area contributed by atoms with Gasteiger partial charge in [-0.1, -0.05) is 54.6 Å². The van der Waals surface area contributed by atoms with E-state index in [1.807, 2.05) is 66.7 Å². The first kappa shape index (κ1) is 21.7. The zero-order chi connectivity index (χ0) is 21.3. The summed E-state index contributed by atoms with van der Waals surface area (Å²) in [4.78, 5) is 0. The van der Waals surface area contributed by atoms with Crippen molar-refractivity contribution in [2.24, 2.45) is 5.73 Å². The third kappa shape index (κ3) is 5.53. The molecule has 0 spiro atoms. The predicted octanol–water partition coefficient (Wildman–Crippen LogP) is 3.80. The quantitative estimate of drug-likeness (QED) is 0.535. The second-order valence-corrected chi connectivity index (χ2v) is 7.18.